The molecule has 0 saturated carbocycles. The molecule has 1 fully saturated rings. The van der Waals surface area contributed by atoms with Gasteiger partial charge in [0.15, 0.2) is 6.29 Å². The van der Waals surface area contributed by atoms with E-state index in [0.717, 1.165) is 5.56 Å². The van der Waals surface area contributed by atoms with Crippen molar-refractivity contribution in [3.05, 3.63) is 21.9 Å². The van der Waals surface area contributed by atoms with E-state index >= 15 is 0 Å². The second kappa shape index (κ2) is 4.08. The van der Waals surface area contributed by atoms with Crippen LogP contribution < -0.4 is 0 Å². The van der Waals surface area contributed by atoms with E-state index in [1.54, 1.807) is 6.07 Å². The van der Waals surface area contributed by atoms with E-state index in [2.05, 4.69) is 4.74 Å². The number of esters is 1. The molecule has 0 N–H and O–H groups in total. The lowest BCUT2D eigenvalue weighted by molar-refractivity contribution is -0.0438. The van der Waals surface area contributed by atoms with E-state index < -0.39 is 0 Å². The number of carbonyl (C=O) groups excluding carboxylic acids is 1. The maximum Gasteiger partial charge on any atom is 0.348 e. The first kappa shape index (κ1) is 9.64. The van der Waals surface area contributed by atoms with Gasteiger partial charge in [0.2, 0.25) is 0 Å². The standard InChI is InChI=1S/C9H10O4S/c1-11-8(10)7-4-6(5-14-7)9-12-2-3-13-9/h4-5,9H,2-3H2,1H3. The summed E-state index contributed by atoms with van der Waals surface area (Å²) in [5, 5.41) is 1.85. The smallest absolute Gasteiger partial charge is 0.348 e. The summed E-state index contributed by atoms with van der Waals surface area (Å²) >= 11 is 1.33. The van der Waals surface area contributed by atoms with E-state index in [1.165, 1.54) is 18.4 Å². The van der Waals surface area contributed by atoms with Crippen molar-refractivity contribution >= 4 is 17.3 Å². The molecule has 1 aromatic heterocycles. The average Bonchev–Trinajstić information content (AvgIpc) is 2.86. The molecule has 2 rings (SSSR count). The highest BCUT2D eigenvalue weighted by molar-refractivity contribution is 7.12. The number of thiophene rings is 1. The van der Waals surface area contributed by atoms with Crippen LogP contribution in [0.3, 0.4) is 0 Å². The second-order valence-electron chi connectivity index (χ2n) is 2.81. The predicted octanol–water partition coefficient (Wildman–Crippen LogP) is 1.58. The van der Waals surface area contributed by atoms with Gasteiger partial charge in [0, 0.05) is 5.56 Å². The number of ether oxygens (including phenoxy) is 3. The summed E-state index contributed by atoms with van der Waals surface area (Å²) in [6.07, 6.45) is -0.315. The molecule has 14 heavy (non-hydrogen) atoms. The van der Waals surface area contributed by atoms with E-state index in [9.17, 15) is 4.79 Å². The van der Waals surface area contributed by atoms with Crippen LogP contribution in [0.1, 0.15) is 21.5 Å². The maximum atomic E-state index is 11.1. The predicted molar refractivity (Wildman–Crippen MR) is 50.3 cm³/mol. The Labute approximate surface area is 85.4 Å². The largest absolute Gasteiger partial charge is 0.465 e. The van der Waals surface area contributed by atoms with Gasteiger partial charge in [-0.1, -0.05) is 0 Å². The third-order valence-corrected chi connectivity index (χ3v) is 2.83. The maximum absolute atomic E-state index is 11.1. The number of hydrogen-bond donors (Lipinski definition) is 0. The molecule has 1 aliphatic heterocycles. The summed E-state index contributed by atoms with van der Waals surface area (Å²) in [6.45, 7) is 1.21. The molecule has 0 atom stereocenters. The van der Waals surface area contributed by atoms with E-state index in [1.807, 2.05) is 5.38 Å². The Bertz CT molecular complexity index is 327. The van der Waals surface area contributed by atoms with E-state index in [0.29, 0.717) is 18.1 Å². The van der Waals surface area contributed by atoms with Gasteiger partial charge in [0.1, 0.15) is 4.88 Å². The summed E-state index contributed by atoms with van der Waals surface area (Å²) in [5.41, 5.74) is 0.882. The first-order chi connectivity index (χ1) is 6.81. The lowest BCUT2D eigenvalue weighted by Gasteiger charge is -2.04. The van der Waals surface area contributed by atoms with Crippen LogP contribution in [0.5, 0.6) is 0 Å². The summed E-state index contributed by atoms with van der Waals surface area (Å²) < 4.78 is 15.2. The van der Waals surface area contributed by atoms with Crippen molar-refractivity contribution in [1.82, 2.24) is 0 Å². The first-order valence-corrected chi connectivity index (χ1v) is 5.09. The minimum absolute atomic E-state index is 0.315. The fourth-order valence-corrected chi connectivity index (χ4v) is 2.06. The first-order valence-electron chi connectivity index (χ1n) is 4.21. The van der Waals surface area contributed by atoms with E-state index in [-0.39, 0.29) is 12.3 Å². The highest BCUT2D eigenvalue weighted by Gasteiger charge is 2.21. The van der Waals surface area contributed by atoms with Gasteiger partial charge in [-0.3, -0.25) is 0 Å². The molecular formula is C9H10O4S. The number of carbonyl (C=O) groups is 1. The minimum Gasteiger partial charge on any atom is -0.465 e. The molecule has 4 nitrogen and oxygen atoms in total. The lowest BCUT2D eigenvalue weighted by Crippen LogP contribution is -1.99. The van der Waals surface area contributed by atoms with Crippen molar-refractivity contribution in [2.75, 3.05) is 20.3 Å². The van der Waals surface area contributed by atoms with Crippen LogP contribution in [0, 0.1) is 0 Å². The van der Waals surface area contributed by atoms with Crippen molar-refractivity contribution in [2.45, 2.75) is 6.29 Å². The third-order valence-electron chi connectivity index (χ3n) is 1.90. The highest BCUT2D eigenvalue weighted by atomic mass is 32.1. The molecule has 1 saturated heterocycles. The van der Waals surface area contributed by atoms with Crippen molar-refractivity contribution in [1.29, 1.82) is 0 Å². The third kappa shape index (κ3) is 1.79. The van der Waals surface area contributed by atoms with Crippen molar-refractivity contribution in [2.24, 2.45) is 0 Å². The molecule has 76 valence electrons. The molecule has 0 unspecified atom stereocenters. The monoisotopic (exact) mass is 214 g/mol. The highest BCUT2D eigenvalue weighted by Crippen LogP contribution is 2.27. The molecule has 0 spiro atoms. The minimum atomic E-state index is -0.320. The molecule has 0 aromatic carbocycles. The topological polar surface area (TPSA) is 44.8 Å². The molecule has 0 aliphatic carbocycles. The zero-order chi connectivity index (χ0) is 9.97. The molecule has 1 aromatic rings. The van der Waals surface area contributed by atoms with Crippen LogP contribution in [-0.2, 0) is 14.2 Å². The second-order valence-corrected chi connectivity index (χ2v) is 3.72. The van der Waals surface area contributed by atoms with Crippen LogP contribution in [0.25, 0.3) is 0 Å². The van der Waals surface area contributed by atoms with Gasteiger partial charge < -0.3 is 14.2 Å². The molecule has 2 heterocycles. The van der Waals surface area contributed by atoms with Gasteiger partial charge in [-0.15, -0.1) is 11.3 Å². The SMILES string of the molecule is COC(=O)c1cc(C2OCCO2)cs1. The van der Waals surface area contributed by atoms with Gasteiger partial charge in [0.25, 0.3) is 0 Å². The zero-order valence-electron chi connectivity index (χ0n) is 7.69. The molecule has 0 amide bonds. The average molecular weight is 214 g/mol. The van der Waals surface area contributed by atoms with Crippen LogP contribution in [-0.4, -0.2) is 26.3 Å². The Hall–Kier alpha value is -0.910. The zero-order valence-corrected chi connectivity index (χ0v) is 8.50. The number of methoxy groups -OCH3 is 1. The quantitative estimate of drug-likeness (QED) is 0.701. The van der Waals surface area contributed by atoms with Gasteiger partial charge in [0.05, 0.1) is 20.3 Å². The number of rotatable bonds is 2. The summed E-state index contributed by atoms with van der Waals surface area (Å²) in [6, 6.07) is 1.74. The Morgan fingerprint density at radius 1 is 1.57 bits per heavy atom. The number of hydrogen-bond acceptors (Lipinski definition) is 5. The van der Waals surface area contributed by atoms with Gasteiger partial charge in [-0.05, 0) is 11.4 Å². The van der Waals surface area contributed by atoms with E-state index in [4.69, 9.17) is 9.47 Å². The normalized spacial score (nSPS) is 17.2. The van der Waals surface area contributed by atoms with Crippen LogP contribution in [0.2, 0.25) is 0 Å². The molecular weight excluding hydrogens is 204 g/mol. The summed E-state index contributed by atoms with van der Waals surface area (Å²) in [5.74, 6) is -0.320. The Kier molecular flexibility index (Phi) is 2.81. The Morgan fingerprint density at radius 2 is 2.29 bits per heavy atom. The fourth-order valence-electron chi connectivity index (χ4n) is 1.23. The van der Waals surface area contributed by atoms with Crippen LogP contribution >= 0.6 is 11.3 Å². The van der Waals surface area contributed by atoms with Crippen LogP contribution in [0.15, 0.2) is 11.4 Å². The van der Waals surface area contributed by atoms with Crippen molar-refractivity contribution in [3.8, 4) is 0 Å². The molecule has 0 radical (unpaired) electrons. The molecule has 5 heteroatoms. The lowest BCUT2D eigenvalue weighted by atomic mass is 10.3. The molecule has 1 aliphatic rings. The van der Waals surface area contributed by atoms with Gasteiger partial charge in [-0.25, -0.2) is 4.79 Å². The molecule has 0 bridgehead atoms. The fraction of sp³-hybridized carbons (Fsp3) is 0.444. The summed E-state index contributed by atoms with van der Waals surface area (Å²) in [4.78, 5) is 11.7. The Morgan fingerprint density at radius 3 is 2.93 bits per heavy atom. The van der Waals surface area contributed by atoms with Crippen LogP contribution in [0.4, 0.5) is 0 Å². The van der Waals surface area contributed by atoms with Crippen molar-refractivity contribution in [3.63, 3.8) is 0 Å². The summed E-state index contributed by atoms with van der Waals surface area (Å²) in [7, 11) is 1.37. The van der Waals surface area contributed by atoms with Gasteiger partial charge in [-0.2, -0.15) is 0 Å². The Balaban J connectivity index is 2.12. The van der Waals surface area contributed by atoms with Crippen molar-refractivity contribution < 1.29 is 19.0 Å². The van der Waals surface area contributed by atoms with Gasteiger partial charge >= 0.3 is 5.97 Å².